The Labute approximate surface area is 264 Å². The minimum atomic E-state index is -2.69. The Morgan fingerprint density at radius 3 is 2.05 bits per heavy atom. The highest BCUT2D eigenvalue weighted by molar-refractivity contribution is 6.60. The molecule has 0 spiro atoms. The van der Waals surface area contributed by atoms with Gasteiger partial charge in [-0.25, -0.2) is 9.59 Å². The van der Waals surface area contributed by atoms with Crippen molar-refractivity contribution in [2.75, 3.05) is 46.2 Å². The van der Waals surface area contributed by atoms with Crippen LogP contribution >= 0.6 is 0 Å². The molecule has 9 nitrogen and oxygen atoms in total. The molecule has 1 amide bonds. The van der Waals surface area contributed by atoms with Crippen LogP contribution in [0, 0.1) is 0 Å². The van der Waals surface area contributed by atoms with Crippen molar-refractivity contribution in [1.82, 2.24) is 5.32 Å². The molecular weight excluding hydrogens is 578 g/mol. The van der Waals surface area contributed by atoms with E-state index in [1.807, 2.05) is 57.2 Å². The van der Waals surface area contributed by atoms with Crippen LogP contribution in [0.3, 0.4) is 0 Å². The van der Waals surface area contributed by atoms with E-state index in [9.17, 15) is 9.59 Å². The third-order valence-electron chi connectivity index (χ3n) is 6.80. The molecule has 44 heavy (non-hydrogen) atoms. The van der Waals surface area contributed by atoms with Crippen LogP contribution in [0.5, 0.6) is 5.75 Å². The number of hydrogen-bond acceptors (Lipinski definition) is 8. The molecule has 0 atom stereocenters. The lowest BCUT2D eigenvalue weighted by molar-refractivity contribution is -0.137. The SMILES string of the molecule is CCCCCOc1ccc2cc(/C=C/C(=O)OCCCCCCOC(=O)NCCC[Si](OCC)(OCC)OCC)ccc2c1. The summed E-state index contributed by atoms with van der Waals surface area (Å²) in [4.78, 5) is 24.1. The predicted molar refractivity (Wildman–Crippen MR) is 177 cm³/mol. The van der Waals surface area contributed by atoms with E-state index in [0.29, 0.717) is 52.0 Å². The standard InChI is InChI=1S/C34H53NO8Si/c1-5-9-12-23-38-32-20-19-30-27-29(16-18-31(30)28-32)17-21-33(36)39-24-13-10-11-14-25-40-34(37)35-22-15-26-44(41-6-2,42-7-3)43-8-4/h16-21,27-28H,5-15,22-26H2,1-4H3,(H,35,37)/b21-17+. The van der Waals surface area contributed by atoms with Gasteiger partial charge in [-0.05, 0) is 99.9 Å². The fourth-order valence-electron chi connectivity index (χ4n) is 4.63. The molecule has 0 aliphatic heterocycles. The maximum atomic E-state index is 12.1. The van der Waals surface area contributed by atoms with Gasteiger partial charge >= 0.3 is 20.9 Å². The van der Waals surface area contributed by atoms with Gasteiger partial charge in [0.2, 0.25) is 0 Å². The molecule has 0 saturated carbocycles. The largest absolute Gasteiger partial charge is 0.500 e. The third-order valence-corrected chi connectivity index (χ3v) is 9.95. The van der Waals surface area contributed by atoms with Gasteiger partial charge < -0.3 is 32.8 Å². The third kappa shape index (κ3) is 15.2. The molecule has 0 fully saturated rings. The lowest BCUT2D eigenvalue weighted by Crippen LogP contribution is -2.46. The van der Waals surface area contributed by atoms with Crippen molar-refractivity contribution in [3.63, 3.8) is 0 Å². The summed E-state index contributed by atoms with van der Waals surface area (Å²) in [6.45, 7) is 11.5. The normalized spacial score (nSPS) is 11.6. The van der Waals surface area contributed by atoms with Gasteiger partial charge in [-0.3, -0.25) is 0 Å². The van der Waals surface area contributed by atoms with Crippen LogP contribution in [-0.4, -0.2) is 67.1 Å². The molecule has 2 aromatic carbocycles. The zero-order chi connectivity index (χ0) is 31.9. The number of carbonyl (C=O) groups is 2. The van der Waals surface area contributed by atoms with E-state index in [-0.39, 0.29) is 5.97 Å². The number of benzene rings is 2. The highest BCUT2D eigenvalue weighted by Crippen LogP contribution is 2.23. The summed E-state index contributed by atoms with van der Waals surface area (Å²) in [5.74, 6) is 0.525. The summed E-state index contributed by atoms with van der Waals surface area (Å²) in [6, 6.07) is 12.8. The van der Waals surface area contributed by atoms with Gasteiger partial charge in [-0.15, -0.1) is 0 Å². The van der Waals surface area contributed by atoms with Crippen LogP contribution in [0.2, 0.25) is 6.04 Å². The van der Waals surface area contributed by atoms with E-state index in [4.69, 9.17) is 27.5 Å². The number of nitrogens with one attached hydrogen (secondary N) is 1. The maximum Gasteiger partial charge on any atom is 0.500 e. The van der Waals surface area contributed by atoms with E-state index in [1.165, 1.54) is 18.9 Å². The molecule has 0 saturated heterocycles. The van der Waals surface area contributed by atoms with Crippen LogP contribution in [0.4, 0.5) is 4.79 Å². The molecule has 0 unspecified atom stereocenters. The lowest BCUT2D eigenvalue weighted by Gasteiger charge is -2.28. The van der Waals surface area contributed by atoms with E-state index in [1.54, 1.807) is 6.08 Å². The summed E-state index contributed by atoms with van der Waals surface area (Å²) in [6.07, 6.45) is 10.2. The molecule has 0 heterocycles. The summed E-state index contributed by atoms with van der Waals surface area (Å²) in [5.41, 5.74) is 0.937. The Hall–Kier alpha value is -2.92. The van der Waals surface area contributed by atoms with E-state index >= 15 is 0 Å². The lowest BCUT2D eigenvalue weighted by atomic mass is 10.1. The highest BCUT2D eigenvalue weighted by Gasteiger charge is 2.39. The van der Waals surface area contributed by atoms with Gasteiger partial charge in [0.05, 0.1) is 19.8 Å². The molecule has 0 aliphatic rings. The number of esters is 1. The quantitative estimate of drug-likeness (QED) is 0.0545. The fourth-order valence-corrected chi connectivity index (χ4v) is 7.25. The zero-order valence-electron chi connectivity index (χ0n) is 27.2. The first-order chi connectivity index (χ1) is 21.4. The van der Waals surface area contributed by atoms with Crippen molar-refractivity contribution in [3.05, 3.63) is 48.0 Å². The van der Waals surface area contributed by atoms with Gasteiger partial charge in [0, 0.05) is 38.5 Å². The van der Waals surface area contributed by atoms with Gasteiger partial charge in [0.1, 0.15) is 5.75 Å². The topological polar surface area (TPSA) is 102 Å². The van der Waals surface area contributed by atoms with Crippen LogP contribution in [0.15, 0.2) is 42.5 Å². The average Bonchev–Trinajstić information content (AvgIpc) is 3.02. The molecule has 1 N–H and O–H groups in total. The summed E-state index contributed by atoms with van der Waals surface area (Å²) in [7, 11) is -2.69. The highest BCUT2D eigenvalue weighted by atomic mass is 28.4. The van der Waals surface area contributed by atoms with Crippen molar-refractivity contribution in [3.8, 4) is 5.75 Å². The Morgan fingerprint density at radius 1 is 0.727 bits per heavy atom. The second-order valence-electron chi connectivity index (χ2n) is 10.4. The monoisotopic (exact) mass is 631 g/mol. The first kappa shape index (κ1) is 37.3. The maximum absolute atomic E-state index is 12.1. The number of unbranched alkanes of at least 4 members (excludes halogenated alkanes) is 5. The molecule has 0 aromatic heterocycles. The smallest absolute Gasteiger partial charge is 0.494 e. The number of ether oxygens (including phenoxy) is 3. The van der Waals surface area contributed by atoms with E-state index < -0.39 is 14.9 Å². The Morgan fingerprint density at radius 2 is 1.36 bits per heavy atom. The number of alkyl carbamates (subject to hydrolysis) is 1. The summed E-state index contributed by atoms with van der Waals surface area (Å²) in [5, 5.41) is 4.97. The minimum Gasteiger partial charge on any atom is -0.494 e. The summed E-state index contributed by atoms with van der Waals surface area (Å²) >= 11 is 0. The molecule has 10 heteroatoms. The molecular formula is C34H53NO8Si. The van der Waals surface area contributed by atoms with E-state index in [0.717, 1.165) is 60.8 Å². The van der Waals surface area contributed by atoms with Crippen LogP contribution in [0.1, 0.15) is 84.6 Å². The Kier molecular flexibility index (Phi) is 19.1. The second-order valence-corrected chi connectivity index (χ2v) is 13.1. The van der Waals surface area contributed by atoms with Crippen LogP contribution < -0.4 is 10.1 Å². The van der Waals surface area contributed by atoms with Gasteiger partial charge in [-0.2, -0.15) is 0 Å². The van der Waals surface area contributed by atoms with Crippen molar-refractivity contribution in [1.29, 1.82) is 0 Å². The molecule has 0 radical (unpaired) electrons. The van der Waals surface area contributed by atoms with E-state index in [2.05, 4.69) is 12.2 Å². The molecule has 0 aliphatic carbocycles. The number of carbonyl (C=O) groups excluding carboxylic acids is 2. The first-order valence-electron chi connectivity index (χ1n) is 16.3. The minimum absolute atomic E-state index is 0.350. The fraction of sp³-hybridized carbons (Fsp3) is 0.588. The number of rotatable bonds is 24. The van der Waals surface area contributed by atoms with Crippen LogP contribution in [-0.2, 0) is 27.5 Å². The number of fused-ring (bicyclic) bond motifs is 1. The average molecular weight is 632 g/mol. The summed E-state index contributed by atoms with van der Waals surface area (Å²) < 4.78 is 33.9. The van der Waals surface area contributed by atoms with Gasteiger partial charge in [-0.1, -0.05) is 38.0 Å². The first-order valence-corrected chi connectivity index (χ1v) is 18.2. The molecule has 246 valence electrons. The Balaban J connectivity index is 1.54. The van der Waals surface area contributed by atoms with Gasteiger partial charge in [0.25, 0.3) is 0 Å². The van der Waals surface area contributed by atoms with Crippen molar-refractivity contribution < 1.29 is 37.1 Å². The van der Waals surface area contributed by atoms with Crippen molar-refractivity contribution in [2.45, 2.75) is 85.1 Å². The number of hydrogen-bond donors (Lipinski definition) is 1. The molecule has 2 rings (SSSR count). The Bertz CT molecular complexity index is 1110. The number of amides is 1. The van der Waals surface area contributed by atoms with Crippen molar-refractivity contribution >= 4 is 37.7 Å². The predicted octanol–water partition coefficient (Wildman–Crippen LogP) is 7.69. The second kappa shape index (κ2) is 22.6. The molecule has 0 bridgehead atoms. The van der Waals surface area contributed by atoms with Crippen molar-refractivity contribution in [2.24, 2.45) is 0 Å². The zero-order valence-corrected chi connectivity index (χ0v) is 28.2. The molecule has 2 aromatic rings. The van der Waals surface area contributed by atoms with Gasteiger partial charge in [0.15, 0.2) is 0 Å². The van der Waals surface area contributed by atoms with Crippen LogP contribution in [0.25, 0.3) is 16.8 Å².